The van der Waals surface area contributed by atoms with E-state index >= 15 is 0 Å². The number of halogens is 3. The van der Waals surface area contributed by atoms with Crippen LogP contribution in [0.1, 0.15) is 16.8 Å². The number of nitrogens with two attached hydrogens (primary N) is 1. The van der Waals surface area contributed by atoms with E-state index < -0.39 is 17.8 Å². The summed E-state index contributed by atoms with van der Waals surface area (Å²) < 4.78 is 44.1. The quantitative estimate of drug-likeness (QED) is 0.440. The molecule has 0 aliphatic carbocycles. The number of benzene rings is 2. The first-order chi connectivity index (χ1) is 14.3. The van der Waals surface area contributed by atoms with Gasteiger partial charge in [-0.15, -0.1) is 5.10 Å². The average molecular weight is 416 g/mol. The second-order valence-corrected chi connectivity index (χ2v) is 7.02. The van der Waals surface area contributed by atoms with E-state index in [1.807, 2.05) is 25.1 Å². The largest absolute Gasteiger partial charge is 0.416 e. The van der Waals surface area contributed by atoms with Crippen molar-refractivity contribution in [3.8, 4) is 11.5 Å². The number of alkyl halides is 3. The van der Waals surface area contributed by atoms with Gasteiger partial charge in [0, 0.05) is 23.5 Å². The summed E-state index contributed by atoms with van der Waals surface area (Å²) in [7, 11) is 0. The topological polar surface area (TPSA) is 106 Å². The van der Waals surface area contributed by atoms with E-state index in [0.29, 0.717) is 11.5 Å². The third kappa shape index (κ3) is 4.28. The number of hydrogen-bond acceptors (Lipinski definition) is 6. The van der Waals surface area contributed by atoms with Gasteiger partial charge in [-0.2, -0.15) is 18.3 Å². The first-order valence-electron chi connectivity index (χ1n) is 9.24. The highest BCUT2D eigenvalue weighted by atomic mass is 19.4. The summed E-state index contributed by atoms with van der Waals surface area (Å²) in [5.74, 6) is 0.339. The third-order valence-electron chi connectivity index (χ3n) is 4.69. The van der Waals surface area contributed by atoms with Crippen molar-refractivity contribution in [1.82, 2.24) is 20.4 Å². The molecule has 7 nitrogen and oxygen atoms in total. The van der Waals surface area contributed by atoms with Crippen LogP contribution in [0.4, 0.5) is 19.2 Å². The van der Waals surface area contributed by atoms with Gasteiger partial charge < -0.3 is 15.5 Å². The van der Waals surface area contributed by atoms with Crippen LogP contribution in [-0.4, -0.2) is 33.0 Å². The molecule has 0 aliphatic rings. The number of aromatic nitrogens is 4. The molecule has 4 N–H and O–H groups in total. The van der Waals surface area contributed by atoms with Gasteiger partial charge in [0.2, 0.25) is 5.89 Å². The molecule has 4 aromatic rings. The summed E-state index contributed by atoms with van der Waals surface area (Å²) >= 11 is 0. The first-order valence-corrected chi connectivity index (χ1v) is 9.24. The maximum Gasteiger partial charge on any atom is 0.416 e. The van der Waals surface area contributed by atoms with Gasteiger partial charge in [0.1, 0.15) is 0 Å². The van der Waals surface area contributed by atoms with Crippen molar-refractivity contribution in [2.45, 2.75) is 25.6 Å². The molecule has 4 rings (SSSR count). The Bertz CT molecular complexity index is 1170. The van der Waals surface area contributed by atoms with Crippen LogP contribution in [0.3, 0.4) is 0 Å². The summed E-state index contributed by atoms with van der Waals surface area (Å²) in [6, 6.07) is 10.5. The van der Waals surface area contributed by atoms with E-state index in [2.05, 4.69) is 25.7 Å². The van der Waals surface area contributed by atoms with Gasteiger partial charge in [-0.1, -0.05) is 23.3 Å². The Kier molecular flexibility index (Phi) is 5.17. The fourth-order valence-electron chi connectivity index (χ4n) is 3.16. The SMILES string of the molecule is Cc1n[nH]c2ccc(-c3nnc(NCC(N)Cc4cccc(C(F)(F)F)c4)o3)cc12. The van der Waals surface area contributed by atoms with Crippen molar-refractivity contribution in [3.05, 3.63) is 59.3 Å². The Morgan fingerprint density at radius 2 is 2.00 bits per heavy atom. The molecule has 1 atom stereocenters. The van der Waals surface area contributed by atoms with Gasteiger partial charge >= 0.3 is 12.2 Å². The monoisotopic (exact) mass is 416 g/mol. The van der Waals surface area contributed by atoms with Crippen LogP contribution in [0.2, 0.25) is 0 Å². The van der Waals surface area contributed by atoms with Crippen LogP contribution in [-0.2, 0) is 12.6 Å². The van der Waals surface area contributed by atoms with Crippen LogP contribution < -0.4 is 11.1 Å². The lowest BCUT2D eigenvalue weighted by molar-refractivity contribution is -0.137. The Morgan fingerprint density at radius 3 is 2.80 bits per heavy atom. The van der Waals surface area contributed by atoms with Crippen molar-refractivity contribution in [3.63, 3.8) is 0 Å². The molecule has 0 radical (unpaired) electrons. The number of anilines is 1. The molecule has 0 saturated heterocycles. The maximum atomic E-state index is 12.8. The number of nitrogens with zero attached hydrogens (tertiary/aromatic N) is 3. The van der Waals surface area contributed by atoms with E-state index in [-0.39, 0.29) is 19.0 Å². The molecule has 30 heavy (non-hydrogen) atoms. The summed E-state index contributed by atoms with van der Waals surface area (Å²) in [6.45, 7) is 2.16. The van der Waals surface area contributed by atoms with Crippen molar-refractivity contribution < 1.29 is 17.6 Å². The zero-order valence-corrected chi connectivity index (χ0v) is 16.0. The lowest BCUT2D eigenvalue weighted by atomic mass is 10.0. The molecule has 2 heterocycles. The summed E-state index contributed by atoms with van der Waals surface area (Å²) in [6.07, 6.45) is -4.11. The Labute approximate surface area is 169 Å². The minimum atomic E-state index is -4.38. The van der Waals surface area contributed by atoms with E-state index in [1.54, 1.807) is 6.07 Å². The summed E-state index contributed by atoms with van der Waals surface area (Å²) in [4.78, 5) is 0. The molecule has 2 aromatic carbocycles. The van der Waals surface area contributed by atoms with Gasteiger partial charge in [-0.25, -0.2) is 0 Å². The number of aromatic amines is 1. The number of H-pyrrole nitrogens is 1. The van der Waals surface area contributed by atoms with E-state index in [1.165, 1.54) is 6.07 Å². The van der Waals surface area contributed by atoms with Gasteiger partial charge in [0.15, 0.2) is 0 Å². The standard InChI is InChI=1S/C20H19F3N6O/c1-11-16-9-13(5-6-17(16)27-26-11)18-28-29-19(30-18)25-10-15(24)8-12-3-2-4-14(7-12)20(21,22)23/h2-7,9,15H,8,10,24H2,1H3,(H,25,29)(H,26,27). The van der Waals surface area contributed by atoms with Crippen LogP contribution in [0.25, 0.3) is 22.4 Å². The number of hydrogen-bond donors (Lipinski definition) is 3. The first kappa shape index (κ1) is 19.9. The van der Waals surface area contributed by atoms with Gasteiger partial charge in [0.25, 0.3) is 0 Å². The molecule has 0 saturated carbocycles. The molecule has 0 spiro atoms. The van der Waals surface area contributed by atoms with Crippen molar-refractivity contribution in [2.75, 3.05) is 11.9 Å². The zero-order valence-electron chi connectivity index (χ0n) is 16.0. The van der Waals surface area contributed by atoms with Crippen molar-refractivity contribution in [2.24, 2.45) is 5.73 Å². The lowest BCUT2D eigenvalue weighted by Gasteiger charge is -2.13. The van der Waals surface area contributed by atoms with Gasteiger partial charge in [-0.05, 0) is 43.2 Å². The molecule has 10 heteroatoms. The molecule has 0 fully saturated rings. The molecule has 156 valence electrons. The highest BCUT2D eigenvalue weighted by Crippen LogP contribution is 2.30. The second kappa shape index (κ2) is 7.79. The number of fused-ring (bicyclic) bond motifs is 1. The lowest BCUT2D eigenvalue weighted by Crippen LogP contribution is -2.31. The minimum Gasteiger partial charge on any atom is -0.403 e. The smallest absolute Gasteiger partial charge is 0.403 e. The minimum absolute atomic E-state index is 0.188. The Balaban J connectivity index is 1.38. The Hall–Kier alpha value is -3.40. The summed E-state index contributed by atoms with van der Waals surface area (Å²) in [5.41, 5.74) is 8.40. The van der Waals surface area contributed by atoms with Crippen LogP contribution in [0.5, 0.6) is 0 Å². The molecule has 0 bridgehead atoms. The Morgan fingerprint density at radius 1 is 1.17 bits per heavy atom. The zero-order chi connectivity index (χ0) is 21.3. The van der Waals surface area contributed by atoms with E-state index in [4.69, 9.17) is 10.2 Å². The summed E-state index contributed by atoms with van der Waals surface area (Å²) in [5, 5.41) is 19.0. The van der Waals surface area contributed by atoms with Crippen LogP contribution >= 0.6 is 0 Å². The predicted molar refractivity (Wildman–Crippen MR) is 106 cm³/mol. The van der Waals surface area contributed by atoms with Crippen molar-refractivity contribution >= 4 is 16.9 Å². The predicted octanol–water partition coefficient (Wildman–Crippen LogP) is 3.92. The third-order valence-corrected chi connectivity index (χ3v) is 4.69. The second-order valence-electron chi connectivity index (χ2n) is 7.02. The highest BCUT2D eigenvalue weighted by molar-refractivity contribution is 5.85. The van der Waals surface area contributed by atoms with E-state index in [9.17, 15) is 13.2 Å². The molecule has 1 unspecified atom stereocenters. The molecule has 0 amide bonds. The van der Waals surface area contributed by atoms with E-state index in [0.717, 1.165) is 34.3 Å². The normalized spacial score (nSPS) is 13.0. The van der Waals surface area contributed by atoms with Gasteiger partial charge in [0.05, 0.1) is 16.8 Å². The average Bonchev–Trinajstić information content (AvgIpc) is 3.33. The number of rotatable bonds is 6. The number of nitrogens with one attached hydrogen (secondary N) is 2. The van der Waals surface area contributed by atoms with Crippen molar-refractivity contribution in [1.29, 1.82) is 0 Å². The van der Waals surface area contributed by atoms with Gasteiger partial charge in [-0.3, -0.25) is 5.10 Å². The molecular formula is C20H19F3N6O. The maximum absolute atomic E-state index is 12.8. The number of aryl methyl sites for hydroxylation is 1. The van der Waals surface area contributed by atoms with Crippen LogP contribution in [0.15, 0.2) is 46.9 Å². The van der Waals surface area contributed by atoms with Crippen LogP contribution in [0, 0.1) is 6.92 Å². The molecule has 0 aliphatic heterocycles. The fourth-order valence-corrected chi connectivity index (χ4v) is 3.16. The fraction of sp³-hybridized carbons (Fsp3) is 0.250. The molecule has 2 aromatic heterocycles. The highest BCUT2D eigenvalue weighted by Gasteiger charge is 2.30. The molecular weight excluding hydrogens is 397 g/mol.